The van der Waals surface area contributed by atoms with Crippen LogP contribution in [-0.2, 0) is 0 Å². The molecule has 19 heavy (non-hydrogen) atoms. The third-order valence-corrected chi connectivity index (χ3v) is 4.36. The van der Waals surface area contributed by atoms with E-state index in [0.717, 1.165) is 32.4 Å². The van der Waals surface area contributed by atoms with Crippen LogP contribution in [0.4, 0.5) is 4.39 Å². The molecule has 1 unspecified atom stereocenters. The fraction of sp³-hybridized carbons (Fsp3) is 0.500. The van der Waals surface area contributed by atoms with Gasteiger partial charge in [0.15, 0.2) is 0 Å². The van der Waals surface area contributed by atoms with Gasteiger partial charge in [0.25, 0.3) is 5.91 Å². The van der Waals surface area contributed by atoms with Gasteiger partial charge in [0.1, 0.15) is 5.82 Å². The largest absolute Gasteiger partial charge is 0.338 e. The second-order valence-electron chi connectivity index (χ2n) is 4.86. The van der Waals surface area contributed by atoms with Crippen LogP contribution >= 0.6 is 27.5 Å². The lowest BCUT2D eigenvalue weighted by atomic mass is 9.95. The molecule has 1 heterocycles. The van der Waals surface area contributed by atoms with Crippen molar-refractivity contribution in [3.05, 3.63) is 34.1 Å². The Morgan fingerprint density at radius 3 is 3.00 bits per heavy atom. The molecule has 1 amide bonds. The summed E-state index contributed by atoms with van der Waals surface area (Å²) < 4.78 is 13.6. The van der Waals surface area contributed by atoms with Crippen molar-refractivity contribution in [2.24, 2.45) is 5.92 Å². The Kier molecular flexibility index (Phi) is 5.22. The Balaban J connectivity index is 2.10. The van der Waals surface area contributed by atoms with Gasteiger partial charge in [0, 0.05) is 23.4 Å². The zero-order chi connectivity index (χ0) is 13.8. The van der Waals surface area contributed by atoms with Gasteiger partial charge in [0.2, 0.25) is 0 Å². The number of nitrogens with zero attached hydrogens (tertiary/aromatic N) is 1. The van der Waals surface area contributed by atoms with Crippen LogP contribution in [0.3, 0.4) is 0 Å². The Bertz CT molecular complexity index is 467. The third kappa shape index (κ3) is 3.69. The number of carbonyl (C=O) groups is 1. The standard InChI is InChI=1S/C14H16BrClFNO/c15-13-8-11(17)3-4-12(13)14(19)18-7-1-2-10(9-18)5-6-16/h3-4,8,10H,1-2,5-7,9H2. The van der Waals surface area contributed by atoms with Crippen molar-refractivity contribution in [1.82, 2.24) is 4.90 Å². The highest BCUT2D eigenvalue weighted by Gasteiger charge is 2.25. The van der Waals surface area contributed by atoms with Crippen molar-refractivity contribution < 1.29 is 9.18 Å². The zero-order valence-electron chi connectivity index (χ0n) is 10.5. The number of alkyl halides is 1. The number of hydrogen-bond donors (Lipinski definition) is 0. The minimum Gasteiger partial charge on any atom is -0.338 e. The smallest absolute Gasteiger partial charge is 0.255 e. The molecule has 0 N–H and O–H groups in total. The molecule has 1 aliphatic heterocycles. The lowest BCUT2D eigenvalue weighted by Crippen LogP contribution is -2.40. The molecule has 1 fully saturated rings. The number of carbonyl (C=O) groups excluding carboxylic acids is 1. The lowest BCUT2D eigenvalue weighted by Gasteiger charge is -2.32. The van der Waals surface area contributed by atoms with E-state index in [1.807, 2.05) is 4.90 Å². The molecule has 0 aliphatic carbocycles. The first-order valence-electron chi connectivity index (χ1n) is 6.42. The van der Waals surface area contributed by atoms with Gasteiger partial charge in [-0.05, 0) is 59.3 Å². The van der Waals surface area contributed by atoms with Gasteiger partial charge in [-0.3, -0.25) is 4.79 Å². The predicted octanol–water partition coefficient (Wildman–Crippen LogP) is 4.07. The van der Waals surface area contributed by atoms with Gasteiger partial charge in [-0.15, -0.1) is 11.6 Å². The van der Waals surface area contributed by atoms with Crippen molar-refractivity contribution in [2.45, 2.75) is 19.3 Å². The number of rotatable bonds is 3. The quantitative estimate of drug-likeness (QED) is 0.754. The Labute approximate surface area is 126 Å². The molecule has 5 heteroatoms. The number of amides is 1. The van der Waals surface area contributed by atoms with E-state index in [-0.39, 0.29) is 11.7 Å². The summed E-state index contributed by atoms with van der Waals surface area (Å²) in [6.07, 6.45) is 3.07. The molecule has 2 nitrogen and oxygen atoms in total. The Morgan fingerprint density at radius 2 is 2.32 bits per heavy atom. The fourth-order valence-electron chi connectivity index (χ4n) is 2.47. The van der Waals surface area contributed by atoms with Gasteiger partial charge in [-0.2, -0.15) is 0 Å². The molecule has 0 radical (unpaired) electrons. The van der Waals surface area contributed by atoms with Gasteiger partial charge >= 0.3 is 0 Å². The molecule has 0 aromatic heterocycles. The van der Waals surface area contributed by atoms with Crippen molar-refractivity contribution in [2.75, 3.05) is 19.0 Å². The number of hydrogen-bond acceptors (Lipinski definition) is 1. The maximum Gasteiger partial charge on any atom is 0.255 e. The SMILES string of the molecule is O=C(c1ccc(F)cc1Br)N1CCCC(CCCl)C1. The summed E-state index contributed by atoms with van der Waals surface area (Å²) in [7, 11) is 0. The normalized spacial score (nSPS) is 19.5. The molecular formula is C14H16BrClFNO. The van der Waals surface area contributed by atoms with E-state index in [1.54, 1.807) is 0 Å². The molecule has 1 aromatic rings. The predicted molar refractivity (Wildman–Crippen MR) is 78.1 cm³/mol. The molecule has 1 aliphatic rings. The molecule has 0 bridgehead atoms. The second-order valence-corrected chi connectivity index (χ2v) is 6.09. The average molecular weight is 349 g/mol. The van der Waals surface area contributed by atoms with Gasteiger partial charge in [0.05, 0.1) is 5.56 Å². The molecule has 0 spiro atoms. The van der Waals surface area contributed by atoms with Crippen molar-refractivity contribution in [3.63, 3.8) is 0 Å². The van der Waals surface area contributed by atoms with Crippen LogP contribution in [0, 0.1) is 11.7 Å². The van der Waals surface area contributed by atoms with Crippen LogP contribution < -0.4 is 0 Å². The Hall–Kier alpha value is -0.610. The zero-order valence-corrected chi connectivity index (χ0v) is 12.9. The summed E-state index contributed by atoms with van der Waals surface area (Å²) in [6.45, 7) is 1.51. The van der Waals surface area contributed by atoms with Gasteiger partial charge in [-0.25, -0.2) is 4.39 Å². The van der Waals surface area contributed by atoms with E-state index in [4.69, 9.17) is 11.6 Å². The summed E-state index contributed by atoms with van der Waals surface area (Å²) in [6, 6.07) is 4.18. The van der Waals surface area contributed by atoms with Crippen LogP contribution in [0.25, 0.3) is 0 Å². The first-order valence-corrected chi connectivity index (χ1v) is 7.75. The summed E-state index contributed by atoms with van der Waals surface area (Å²) in [4.78, 5) is 14.3. The maximum absolute atomic E-state index is 13.0. The van der Waals surface area contributed by atoms with Crippen LogP contribution in [0.15, 0.2) is 22.7 Å². The van der Waals surface area contributed by atoms with Crippen LogP contribution in [-0.4, -0.2) is 29.8 Å². The van der Waals surface area contributed by atoms with E-state index in [1.165, 1.54) is 18.2 Å². The molecule has 2 rings (SSSR count). The van der Waals surface area contributed by atoms with E-state index in [0.29, 0.717) is 21.8 Å². The van der Waals surface area contributed by atoms with Crippen molar-refractivity contribution in [3.8, 4) is 0 Å². The minimum atomic E-state index is -0.345. The maximum atomic E-state index is 13.0. The van der Waals surface area contributed by atoms with Crippen molar-refractivity contribution >= 4 is 33.4 Å². The molecule has 104 valence electrons. The van der Waals surface area contributed by atoms with E-state index in [2.05, 4.69) is 15.9 Å². The molecule has 1 atom stereocenters. The summed E-state index contributed by atoms with van der Waals surface area (Å²) in [5.74, 6) is 0.732. The number of benzene rings is 1. The highest BCUT2D eigenvalue weighted by molar-refractivity contribution is 9.10. The first-order chi connectivity index (χ1) is 9.11. The monoisotopic (exact) mass is 347 g/mol. The second kappa shape index (κ2) is 6.71. The van der Waals surface area contributed by atoms with E-state index >= 15 is 0 Å². The first kappa shape index (κ1) is 14.8. The number of piperidine rings is 1. The Morgan fingerprint density at radius 1 is 1.53 bits per heavy atom. The summed E-state index contributed by atoms with van der Waals surface area (Å²) >= 11 is 9.02. The van der Waals surface area contributed by atoms with E-state index in [9.17, 15) is 9.18 Å². The van der Waals surface area contributed by atoms with E-state index < -0.39 is 0 Å². The third-order valence-electron chi connectivity index (χ3n) is 3.49. The van der Waals surface area contributed by atoms with Crippen molar-refractivity contribution in [1.29, 1.82) is 0 Å². The molecule has 0 saturated carbocycles. The highest BCUT2D eigenvalue weighted by atomic mass is 79.9. The number of halogens is 3. The highest BCUT2D eigenvalue weighted by Crippen LogP contribution is 2.24. The average Bonchev–Trinajstić information content (AvgIpc) is 2.39. The molecule has 1 aromatic carbocycles. The van der Waals surface area contributed by atoms with Crippen LogP contribution in [0.2, 0.25) is 0 Å². The molecule has 1 saturated heterocycles. The number of likely N-dealkylation sites (tertiary alicyclic amines) is 1. The van der Waals surface area contributed by atoms with Gasteiger partial charge in [-0.1, -0.05) is 0 Å². The fourth-order valence-corrected chi connectivity index (χ4v) is 3.30. The molecular weight excluding hydrogens is 333 g/mol. The summed E-state index contributed by atoms with van der Waals surface area (Å²) in [5, 5.41) is 0. The van der Waals surface area contributed by atoms with Crippen LogP contribution in [0.1, 0.15) is 29.6 Å². The minimum absolute atomic E-state index is 0.0360. The summed E-state index contributed by atoms with van der Waals surface area (Å²) in [5.41, 5.74) is 0.521. The van der Waals surface area contributed by atoms with Gasteiger partial charge < -0.3 is 4.90 Å². The van der Waals surface area contributed by atoms with Crippen LogP contribution in [0.5, 0.6) is 0 Å². The lowest BCUT2D eigenvalue weighted by molar-refractivity contribution is 0.0670. The topological polar surface area (TPSA) is 20.3 Å².